The maximum atomic E-state index is 12.4. The number of nitrogens with zero attached hydrogens (tertiary/aromatic N) is 2. The van der Waals surface area contributed by atoms with E-state index in [2.05, 4.69) is 24.1 Å². The first-order valence-corrected chi connectivity index (χ1v) is 8.99. The molecule has 0 atom stereocenters. The van der Waals surface area contributed by atoms with Crippen molar-refractivity contribution < 1.29 is 14.7 Å². The number of rotatable bonds is 4. The van der Waals surface area contributed by atoms with Crippen molar-refractivity contribution in [1.82, 2.24) is 4.90 Å². The molecular formula is C17H18N2O3S2. The molecule has 0 spiro atoms. The van der Waals surface area contributed by atoms with E-state index >= 15 is 0 Å². The zero-order chi connectivity index (χ0) is 17.3. The first-order valence-electron chi connectivity index (χ1n) is 7.77. The molecule has 0 bridgehead atoms. The standard InChI is InChI=1S/C17H18N2O3S2/c1-18-7-2-3-12-9-11(4-5-13(12)18)10-14-16(22)19(17(23)24-14)8-6-15(20)21/h4-5,9-10H,2-3,6-8H2,1H3,(H,20,21)/b14-10-. The average Bonchev–Trinajstić information content (AvgIpc) is 2.79. The van der Waals surface area contributed by atoms with Gasteiger partial charge < -0.3 is 10.0 Å². The molecule has 126 valence electrons. The van der Waals surface area contributed by atoms with Gasteiger partial charge in [-0.1, -0.05) is 30.0 Å². The molecule has 0 aliphatic carbocycles. The van der Waals surface area contributed by atoms with Crippen LogP contribution in [0.2, 0.25) is 0 Å². The summed E-state index contributed by atoms with van der Waals surface area (Å²) >= 11 is 6.44. The van der Waals surface area contributed by atoms with Crippen LogP contribution in [-0.2, 0) is 16.0 Å². The number of hydrogen-bond donors (Lipinski definition) is 1. The number of fused-ring (bicyclic) bond motifs is 1. The van der Waals surface area contributed by atoms with Crippen LogP contribution in [0.1, 0.15) is 24.0 Å². The van der Waals surface area contributed by atoms with Crippen LogP contribution in [0.3, 0.4) is 0 Å². The Hall–Kier alpha value is -1.86. The fourth-order valence-corrected chi connectivity index (χ4v) is 4.26. The lowest BCUT2D eigenvalue weighted by Gasteiger charge is -2.27. The van der Waals surface area contributed by atoms with E-state index in [0.717, 1.165) is 24.9 Å². The summed E-state index contributed by atoms with van der Waals surface area (Å²) in [6, 6.07) is 6.21. The van der Waals surface area contributed by atoms with E-state index in [9.17, 15) is 9.59 Å². The molecule has 5 nitrogen and oxygen atoms in total. The van der Waals surface area contributed by atoms with Crippen molar-refractivity contribution in [2.75, 3.05) is 25.0 Å². The van der Waals surface area contributed by atoms with E-state index in [1.807, 2.05) is 12.1 Å². The third-order valence-corrected chi connectivity index (χ3v) is 5.55. The van der Waals surface area contributed by atoms with Crippen molar-refractivity contribution >= 4 is 51.9 Å². The normalized spacial score (nSPS) is 19.1. The largest absolute Gasteiger partial charge is 0.481 e. The second-order valence-electron chi connectivity index (χ2n) is 5.89. The summed E-state index contributed by atoms with van der Waals surface area (Å²) in [6.07, 6.45) is 3.91. The highest BCUT2D eigenvalue weighted by Crippen LogP contribution is 2.34. The van der Waals surface area contributed by atoms with Gasteiger partial charge in [-0.25, -0.2) is 0 Å². The molecule has 0 unspecified atom stereocenters. The van der Waals surface area contributed by atoms with Crippen LogP contribution in [-0.4, -0.2) is 46.3 Å². The molecule has 0 aromatic heterocycles. The van der Waals surface area contributed by atoms with Gasteiger partial charge in [-0.15, -0.1) is 0 Å². The van der Waals surface area contributed by atoms with E-state index in [4.69, 9.17) is 17.3 Å². The fourth-order valence-electron chi connectivity index (χ4n) is 2.95. The van der Waals surface area contributed by atoms with Crippen molar-refractivity contribution in [3.63, 3.8) is 0 Å². The van der Waals surface area contributed by atoms with Crippen LogP contribution in [0.15, 0.2) is 23.1 Å². The Balaban J connectivity index is 1.80. The minimum atomic E-state index is -0.938. The summed E-state index contributed by atoms with van der Waals surface area (Å²) in [7, 11) is 2.09. The van der Waals surface area contributed by atoms with Gasteiger partial charge in [-0.2, -0.15) is 0 Å². The van der Waals surface area contributed by atoms with E-state index in [-0.39, 0.29) is 18.9 Å². The summed E-state index contributed by atoms with van der Waals surface area (Å²) < 4.78 is 0.421. The highest BCUT2D eigenvalue weighted by atomic mass is 32.2. The highest BCUT2D eigenvalue weighted by Gasteiger charge is 2.32. The van der Waals surface area contributed by atoms with Crippen LogP contribution in [0.5, 0.6) is 0 Å². The molecule has 2 aliphatic rings. The Kier molecular flexibility index (Phi) is 4.91. The second-order valence-corrected chi connectivity index (χ2v) is 7.57. The van der Waals surface area contributed by atoms with Crippen LogP contribution >= 0.6 is 24.0 Å². The molecule has 1 N–H and O–H groups in total. The van der Waals surface area contributed by atoms with E-state index < -0.39 is 5.97 Å². The molecule has 1 aromatic carbocycles. The number of benzene rings is 1. The maximum Gasteiger partial charge on any atom is 0.305 e. The lowest BCUT2D eigenvalue weighted by atomic mass is 9.99. The van der Waals surface area contributed by atoms with E-state index in [0.29, 0.717) is 9.23 Å². The van der Waals surface area contributed by atoms with Crippen molar-refractivity contribution in [3.8, 4) is 0 Å². The second kappa shape index (κ2) is 6.94. The summed E-state index contributed by atoms with van der Waals surface area (Å²) in [4.78, 5) is 27.3. The smallest absolute Gasteiger partial charge is 0.305 e. The third kappa shape index (κ3) is 3.47. The number of amides is 1. The minimum Gasteiger partial charge on any atom is -0.481 e. The van der Waals surface area contributed by atoms with Gasteiger partial charge in [0.05, 0.1) is 11.3 Å². The average molecular weight is 362 g/mol. The van der Waals surface area contributed by atoms with Gasteiger partial charge in [0, 0.05) is 25.8 Å². The minimum absolute atomic E-state index is 0.106. The summed E-state index contributed by atoms with van der Waals surface area (Å²) in [5.74, 6) is -1.15. The molecular weight excluding hydrogens is 344 g/mol. The molecule has 2 aliphatic heterocycles. The molecule has 1 aromatic rings. The number of aliphatic carboxylic acids is 1. The van der Waals surface area contributed by atoms with Gasteiger partial charge in [0.15, 0.2) is 0 Å². The molecule has 0 radical (unpaired) electrons. The molecule has 2 heterocycles. The lowest BCUT2D eigenvalue weighted by Crippen LogP contribution is -2.30. The SMILES string of the molecule is CN1CCCc2cc(/C=C3\SC(=S)N(CCC(=O)O)C3=O)ccc21. The van der Waals surface area contributed by atoms with E-state index in [1.54, 1.807) is 0 Å². The number of hydrogen-bond acceptors (Lipinski definition) is 5. The maximum absolute atomic E-state index is 12.4. The molecule has 1 saturated heterocycles. The van der Waals surface area contributed by atoms with Crippen LogP contribution in [0, 0.1) is 0 Å². The van der Waals surface area contributed by atoms with Gasteiger partial charge in [0.1, 0.15) is 4.32 Å². The Morgan fingerprint density at radius 3 is 3.00 bits per heavy atom. The summed E-state index contributed by atoms with van der Waals surface area (Å²) in [5, 5.41) is 8.77. The molecule has 3 rings (SSSR count). The number of carbonyl (C=O) groups excluding carboxylic acids is 1. The molecule has 1 fully saturated rings. The molecule has 24 heavy (non-hydrogen) atoms. The van der Waals surface area contributed by atoms with Crippen molar-refractivity contribution in [1.29, 1.82) is 0 Å². The first kappa shape index (κ1) is 17.0. The molecule has 0 saturated carbocycles. The zero-order valence-corrected chi connectivity index (χ0v) is 15.0. The first-order chi connectivity index (χ1) is 11.5. The van der Waals surface area contributed by atoms with Crippen molar-refractivity contribution in [2.24, 2.45) is 0 Å². The Bertz CT molecular complexity index is 745. The molecule has 7 heteroatoms. The number of carbonyl (C=O) groups is 2. The van der Waals surface area contributed by atoms with Gasteiger partial charge in [0.25, 0.3) is 5.91 Å². The van der Waals surface area contributed by atoms with Crippen LogP contribution in [0.4, 0.5) is 5.69 Å². The lowest BCUT2D eigenvalue weighted by molar-refractivity contribution is -0.137. The number of aryl methyl sites for hydroxylation is 1. The molecule has 1 amide bonds. The van der Waals surface area contributed by atoms with Crippen molar-refractivity contribution in [3.05, 3.63) is 34.2 Å². The van der Waals surface area contributed by atoms with Gasteiger partial charge in [-0.3, -0.25) is 14.5 Å². The van der Waals surface area contributed by atoms with Gasteiger partial charge >= 0.3 is 5.97 Å². The predicted molar refractivity (Wildman–Crippen MR) is 100 cm³/mol. The monoisotopic (exact) mass is 362 g/mol. The quantitative estimate of drug-likeness (QED) is 0.656. The number of carboxylic acids is 1. The predicted octanol–water partition coefficient (Wildman–Crippen LogP) is 2.74. The number of carboxylic acid groups (broad SMARTS) is 1. The van der Waals surface area contributed by atoms with E-state index in [1.165, 1.54) is 27.9 Å². The fraction of sp³-hybridized carbons (Fsp3) is 0.353. The number of thiocarbonyl (C=S) groups is 1. The number of thioether (sulfide) groups is 1. The Labute approximate surface area is 150 Å². The van der Waals surface area contributed by atoms with Crippen molar-refractivity contribution in [2.45, 2.75) is 19.3 Å². The van der Waals surface area contributed by atoms with Crippen LogP contribution in [0.25, 0.3) is 6.08 Å². The Morgan fingerprint density at radius 2 is 2.25 bits per heavy atom. The van der Waals surface area contributed by atoms with Crippen LogP contribution < -0.4 is 4.90 Å². The third-order valence-electron chi connectivity index (χ3n) is 4.18. The topological polar surface area (TPSA) is 60.9 Å². The summed E-state index contributed by atoms with van der Waals surface area (Å²) in [6.45, 7) is 1.18. The van der Waals surface area contributed by atoms with Gasteiger partial charge in [-0.05, 0) is 42.2 Å². The Morgan fingerprint density at radius 1 is 1.46 bits per heavy atom. The summed E-state index contributed by atoms with van der Waals surface area (Å²) in [5.41, 5.74) is 3.51. The number of anilines is 1. The van der Waals surface area contributed by atoms with Gasteiger partial charge in [0.2, 0.25) is 0 Å². The zero-order valence-electron chi connectivity index (χ0n) is 13.3. The highest BCUT2D eigenvalue weighted by molar-refractivity contribution is 8.26.